The van der Waals surface area contributed by atoms with Crippen LogP contribution in [0.15, 0.2) is 29.3 Å². The number of imidazole rings is 1. The number of nitrogens with zero attached hydrogens (tertiary/aromatic N) is 2. The van der Waals surface area contributed by atoms with Crippen molar-refractivity contribution in [2.24, 2.45) is 0 Å². The van der Waals surface area contributed by atoms with Crippen LogP contribution in [0.4, 0.5) is 5.69 Å². The Kier molecular flexibility index (Phi) is 1.42. The third-order valence-corrected chi connectivity index (χ3v) is 1.75. The molecule has 6 heteroatoms. The van der Waals surface area contributed by atoms with E-state index >= 15 is 0 Å². The highest BCUT2D eigenvalue weighted by Crippen LogP contribution is 2.14. The van der Waals surface area contributed by atoms with Crippen molar-refractivity contribution in [2.45, 2.75) is 0 Å². The molecule has 0 saturated heterocycles. The maximum absolute atomic E-state index is 11.1. The first-order valence-corrected chi connectivity index (χ1v) is 3.53. The van der Waals surface area contributed by atoms with E-state index in [2.05, 4.69) is 4.98 Å². The van der Waals surface area contributed by atoms with Crippen molar-refractivity contribution in [2.75, 3.05) is 0 Å². The molecule has 1 N–H and O–H groups in total. The Hall–Kier alpha value is -2.11. The lowest BCUT2D eigenvalue weighted by Gasteiger charge is -1.93. The van der Waals surface area contributed by atoms with E-state index in [4.69, 9.17) is 0 Å². The van der Waals surface area contributed by atoms with Crippen molar-refractivity contribution in [3.63, 3.8) is 0 Å². The summed E-state index contributed by atoms with van der Waals surface area (Å²) in [6.45, 7) is 0. The highest BCUT2D eigenvalue weighted by molar-refractivity contribution is 5.58. The first-order chi connectivity index (χ1) is 6.20. The predicted molar refractivity (Wildman–Crippen MR) is 44.7 cm³/mol. The summed E-state index contributed by atoms with van der Waals surface area (Å²) >= 11 is 0. The standard InChI is InChI=1S/C7H5N3O3/c11-6-2-1-5(10(12)13)7-8-3-4-9(6)7/h1-4,8H. The third kappa shape index (κ3) is 0.994. The van der Waals surface area contributed by atoms with E-state index in [1.165, 1.54) is 28.9 Å². The van der Waals surface area contributed by atoms with Gasteiger partial charge in [0, 0.05) is 24.5 Å². The van der Waals surface area contributed by atoms with E-state index in [1.54, 1.807) is 0 Å². The largest absolute Gasteiger partial charge is 0.340 e. The minimum atomic E-state index is -0.536. The van der Waals surface area contributed by atoms with Crippen molar-refractivity contribution in [3.05, 3.63) is 45.0 Å². The second-order valence-electron chi connectivity index (χ2n) is 2.49. The van der Waals surface area contributed by atoms with Gasteiger partial charge in [-0.2, -0.15) is 0 Å². The summed E-state index contributed by atoms with van der Waals surface area (Å²) in [5.41, 5.74) is -0.191. The van der Waals surface area contributed by atoms with E-state index < -0.39 is 4.92 Å². The summed E-state index contributed by atoms with van der Waals surface area (Å²) in [6.07, 6.45) is 2.92. The molecule has 0 aromatic carbocycles. The molecule has 0 amide bonds. The maximum Gasteiger partial charge on any atom is 0.310 e. The first kappa shape index (κ1) is 7.53. The number of nitrogens with one attached hydrogen (secondary N) is 1. The molecule has 0 bridgehead atoms. The second-order valence-corrected chi connectivity index (χ2v) is 2.49. The zero-order chi connectivity index (χ0) is 9.42. The van der Waals surface area contributed by atoms with Gasteiger partial charge in [-0.05, 0) is 0 Å². The molecule has 0 unspecified atom stereocenters. The van der Waals surface area contributed by atoms with Crippen LogP contribution in [-0.4, -0.2) is 14.3 Å². The summed E-state index contributed by atoms with van der Waals surface area (Å²) < 4.78 is 1.19. The van der Waals surface area contributed by atoms with E-state index in [9.17, 15) is 14.9 Å². The number of fused-ring (bicyclic) bond motifs is 1. The third-order valence-electron chi connectivity index (χ3n) is 1.75. The maximum atomic E-state index is 11.1. The lowest BCUT2D eigenvalue weighted by Crippen LogP contribution is -2.10. The summed E-state index contributed by atoms with van der Waals surface area (Å²) in [5, 5.41) is 10.5. The van der Waals surface area contributed by atoms with Gasteiger partial charge in [0.2, 0.25) is 0 Å². The zero-order valence-electron chi connectivity index (χ0n) is 6.43. The molecule has 13 heavy (non-hydrogen) atoms. The van der Waals surface area contributed by atoms with E-state index in [0.717, 1.165) is 0 Å². The molecular weight excluding hydrogens is 174 g/mol. The second kappa shape index (κ2) is 2.44. The molecule has 2 aromatic heterocycles. The molecule has 0 radical (unpaired) electrons. The molecule has 0 aliphatic rings. The fourth-order valence-corrected chi connectivity index (χ4v) is 1.17. The molecule has 66 valence electrons. The van der Waals surface area contributed by atoms with Crippen LogP contribution in [0, 0.1) is 10.1 Å². The van der Waals surface area contributed by atoms with Crippen molar-refractivity contribution in [1.29, 1.82) is 0 Å². The van der Waals surface area contributed by atoms with Crippen molar-refractivity contribution >= 4 is 11.3 Å². The van der Waals surface area contributed by atoms with Crippen LogP contribution in [-0.2, 0) is 0 Å². The normalized spacial score (nSPS) is 10.5. The fourth-order valence-electron chi connectivity index (χ4n) is 1.17. The number of rotatable bonds is 1. The van der Waals surface area contributed by atoms with Gasteiger partial charge < -0.3 is 4.98 Å². The quantitative estimate of drug-likeness (QED) is 0.512. The van der Waals surface area contributed by atoms with Gasteiger partial charge in [-0.3, -0.25) is 19.3 Å². The van der Waals surface area contributed by atoms with E-state index in [1.807, 2.05) is 0 Å². The molecule has 2 aromatic rings. The highest BCUT2D eigenvalue weighted by Gasteiger charge is 2.12. The average molecular weight is 179 g/mol. The monoisotopic (exact) mass is 179 g/mol. The molecule has 0 aliphatic carbocycles. The van der Waals surface area contributed by atoms with Crippen LogP contribution in [0.5, 0.6) is 0 Å². The van der Waals surface area contributed by atoms with Gasteiger partial charge >= 0.3 is 5.69 Å². The Morgan fingerprint density at radius 1 is 1.46 bits per heavy atom. The molecule has 2 rings (SSSR count). The van der Waals surface area contributed by atoms with Gasteiger partial charge in [0.15, 0.2) is 5.65 Å². The lowest BCUT2D eigenvalue weighted by atomic mass is 10.4. The Morgan fingerprint density at radius 3 is 2.92 bits per heavy atom. The highest BCUT2D eigenvalue weighted by atomic mass is 16.6. The van der Waals surface area contributed by atoms with Crippen LogP contribution in [0.2, 0.25) is 0 Å². The first-order valence-electron chi connectivity index (χ1n) is 3.53. The van der Waals surface area contributed by atoms with E-state index in [-0.39, 0.29) is 16.9 Å². The molecule has 0 saturated carbocycles. The van der Waals surface area contributed by atoms with Crippen molar-refractivity contribution in [3.8, 4) is 0 Å². The topological polar surface area (TPSA) is 80.4 Å². The molecule has 6 nitrogen and oxygen atoms in total. The summed E-state index contributed by atoms with van der Waals surface area (Å²) in [7, 11) is 0. The van der Waals surface area contributed by atoms with Gasteiger partial charge in [0.1, 0.15) is 0 Å². The Bertz CT molecular complexity index is 525. The predicted octanol–water partition coefficient (Wildman–Crippen LogP) is 0.536. The van der Waals surface area contributed by atoms with Crippen LogP contribution in [0.25, 0.3) is 5.65 Å². The van der Waals surface area contributed by atoms with Gasteiger partial charge in [0.05, 0.1) is 4.92 Å². The number of hydrogen-bond acceptors (Lipinski definition) is 3. The fraction of sp³-hybridized carbons (Fsp3) is 0. The molecule has 0 fully saturated rings. The Morgan fingerprint density at radius 2 is 2.23 bits per heavy atom. The zero-order valence-corrected chi connectivity index (χ0v) is 6.43. The number of H-pyrrole nitrogens is 1. The van der Waals surface area contributed by atoms with Crippen LogP contribution in [0.1, 0.15) is 0 Å². The van der Waals surface area contributed by atoms with Gasteiger partial charge in [-0.15, -0.1) is 0 Å². The summed E-state index contributed by atoms with van der Waals surface area (Å²) in [5.74, 6) is 0. The number of pyridine rings is 1. The number of hydrogen-bond donors (Lipinski definition) is 1. The van der Waals surface area contributed by atoms with Crippen LogP contribution >= 0.6 is 0 Å². The molecular formula is C7H5N3O3. The van der Waals surface area contributed by atoms with Crippen molar-refractivity contribution < 1.29 is 4.92 Å². The number of aromatic amines is 1. The number of aromatic nitrogens is 2. The van der Waals surface area contributed by atoms with Crippen molar-refractivity contribution in [1.82, 2.24) is 9.38 Å². The van der Waals surface area contributed by atoms with Gasteiger partial charge in [-0.25, -0.2) is 0 Å². The van der Waals surface area contributed by atoms with Crippen LogP contribution in [0.3, 0.4) is 0 Å². The number of nitro groups is 1. The molecule has 0 atom stereocenters. The molecule has 0 spiro atoms. The van der Waals surface area contributed by atoms with Gasteiger partial charge in [-0.1, -0.05) is 0 Å². The van der Waals surface area contributed by atoms with E-state index in [0.29, 0.717) is 0 Å². The minimum absolute atomic E-state index is 0.107. The minimum Gasteiger partial charge on any atom is -0.340 e. The molecule has 2 heterocycles. The molecule has 0 aliphatic heterocycles. The van der Waals surface area contributed by atoms with Crippen LogP contribution < -0.4 is 5.56 Å². The average Bonchev–Trinajstić information content (AvgIpc) is 2.53. The lowest BCUT2D eigenvalue weighted by molar-refractivity contribution is -0.383. The smallest absolute Gasteiger partial charge is 0.310 e. The summed E-state index contributed by atoms with van der Waals surface area (Å²) in [4.78, 5) is 23.7. The summed E-state index contributed by atoms with van der Waals surface area (Å²) in [6, 6.07) is 2.35. The Balaban J connectivity index is 2.94. The Labute approximate surface area is 71.6 Å². The SMILES string of the molecule is O=c1ccc([N+](=O)[O-])c2[nH]ccn12. The van der Waals surface area contributed by atoms with Gasteiger partial charge in [0.25, 0.3) is 5.56 Å².